The summed E-state index contributed by atoms with van der Waals surface area (Å²) in [5, 5.41) is 8.32. The maximum atomic E-state index is 13.4. The molecule has 7 heteroatoms. The smallest absolute Gasteiger partial charge is 0.249 e. The van der Waals surface area contributed by atoms with Crippen LogP contribution in [0.3, 0.4) is 0 Å². The number of rotatable bonds is 6. The first-order chi connectivity index (χ1) is 15.8. The van der Waals surface area contributed by atoms with Gasteiger partial charge in [-0.3, -0.25) is 4.79 Å². The highest BCUT2D eigenvalue weighted by molar-refractivity contribution is 5.94. The molecule has 4 aromatic rings. The highest BCUT2D eigenvalue weighted by Crippen LogP contribution is 2.34. The van der Waals surface area contributed by atoms with Crippen LogP contribution in [0.4, 0.5) is 5.69 Å². The van der Waals surface area contributed by atoms with E-state index in [4.69, 9.17) is 9.47 Å². The third-order valence-electron chi connectivity index (χ3n) is 5.24. The molecule has 0 N–H and O–H groups in total. The Labute approximate surface area is 185 Å². The van der Waals surface area contributed by atoms with Gasteiger partial charge in [-0.1, -0.05) is 59.8 Å². The zero-order chi connectivity index (χ0) is 21.8. The molecule has 2 heterocycles. The molecular weight excluding hydrogens is 404 g/mol. The Morgan fingerprint density at radius 1 is 0.969 bits per heavy atom. The molecule has 1 aliphatic heterocycles. The highest BCUT2D eigenvalue weighted by atomic mass is 16.6. The zero-order valence-electron chi connectivity index (χ0n) is 17.4. The maximum Gasteiger partial charge on any atom is 0.249 e. The molecule has 0 spiro atoms. The first kappa shape index (κ1) is 19.8. The third kappa shape index (κ3) is 4.18. The van der Waals surface area contributed by atoms with Crippen LogP contribution in [0.15, 0.2) is 78.9 Å². The van der Waals surface area contributed by atoms with E-state index in [-0.39, 0.29) is 12.5 Å². The molecule has 7 nitrogen and oxygen atoms in total. The van der Waals surface area contributed by atoms with E-state index in [0.29, 0.717) is 31.3 Å². The van der Waals surface area contributed by atoms with Gasteiger partial charge < -0.3 is 14.4 Å². The fraction of sp³-hybridized carbons (Fsp3) is 0.160. The summed E-state index contributed by atoms with van der Waals surface area (Å²) in [5.41, 5.74) is 3.39. The molecule has 0 bridgehead atoms. The Kier molecular flexibility index (Phi) is 5.53. The Bertz CT molecular complexity index is 1270. The van der Waals surface area contributed by atoms with Crippen LogP contribution >= 0.6 is 0 Å². The average molecular weight is 426 g/mol. The van der Waals surface area contributed by atoms with Gasteiger partial charge in [0.1, 0.15) is 25.3 Å². The number of ether oxygens (including phenoxy) is 2. The molecule has 32 heavy (non-hydrogen) atoms. The molecule has 160 valence electrons. The lowest BCUT2D eigenvalue weighted by Crippen LogP contribution is -2.34. The van der Waals surface area contributed by atoms with Gasteiger partial charge in [0.25, 0.3) is 0 Å². The molecule has 0 aliphatic carbocycles. The van der Waals surface area contributed by atoms with Crippen molar-refractivity contribution in [2.75, 3.05) is 24.7 Å². The summed E-state index contributed by atoms with van der Waals surface area (Å²) in [4.78, 5) is 15.1. The number of carbonyl (C=O) groups excluding carboxylic acids is 1. The van der Waals surface area contributed by atoms with E-state index >= 15 is 0 Å². The Morgan fingerprint density at radius 2 is 1.75 bits per heavy atom. The second-order valence-electron chi connectivity index (χ2n) is 7.38. The molecule has 0 saturated heterocycles. The van der Waals surface area contributed by atoms with Crippen molar-refractivity contribution >= 4 is 28.7 Å². The van der Waals surface area contributed by atoms with Crippen LogP contribution in [0, 0.1) is 0 Å². The minimum Gasteiger partial charge on any atom is -0.486 e. The quantitative estimate of drug-likeness (QED) is 0.467. The van der Waals surface area contributed by atoms with Crippen molar-refractivity contribution in [3.8, 4) is 11.5 Å². The number of aromatic nitrogens is 3. The molecular formula is C25H22N4O3. The van der Waals surface area contributed by atoms with Crippen LogP contribution < -0.4 is 14.4 Å². The summed E-state index contributed by atoms with van der Waals surface area (Å²) in [7, 11) is 0. The summed E-state index contributed by atoms with van der Waals surface area (Å²) >= 11 is 0. The number of anilines is 1. The van der Waals surface area contributed by atoms with Crippen LogP contribution in [-0.2, 0) is 11.3 Å². The van der Waals surface area contributed by atoms with E-state index < -0.39 is 0 Å². The Morgan fingerprint density at radius 3 is 2.62 bits per heavy atom. The topological polar surface area (TPSA) is 69.5 Å². The summed E-state index contributed by atoms with van der Waals surface area (Å²) in [5.74, 6) is 1.23. The van der Waals surface area contributed by atoms with Gasteiger partial charge in [0, 0.05) is 18.3 Å². The van der Waals surface area contributed by atoms with Crippen LogP contribution in [0.2, 0.25) is 0 Å². The largest absolute Gasteiger partial charge is 0.486 e. The number of nitrogens with zero attached hydrogens (tertiary/aromatic N) is 4. The van der Waals surface area contributed by atoms with E-state index in [1.165, 1.54) is 0 Å². The van der Waals surface area contributed by atoms with Gasteiger partial charge in [-0.25, -0.2) is 4.68 Å². The highest BCUT2D eigenvalue weighted by Gasteiger charge is 2.20. The third-order valence-corrected chi connectivity index (χ3v) is 5.24. The maximum absolute atomic E-state index is 13.4. The Hall–Kier alpha value is -4.13. The number of carbonyl (C=O) groups is 1. The van der Waals surface area contributed by atoms with Crippen LogP contribution in [0.1, 0.15) is 5.56 Å². The lowest BCUT2D eigenvalue weighted by molar-refractivity contribution is -0.119. The van der Waals surface area contributed by atoms with E-state index in [2.05, 4.69) is 10.3 Å². The minimum atomic E-state index is -0.102. The van der Waals surface area contributed by atoms with Gasteiger partial charge in [-0.2, -0.15) is 0 Å². The van der Waals surface area contributed by atoms with Gasteiger partial charge in [-0.15, -0.1) is 5.10 Å². The van der Waals surface area contributed by atoms with Crippen molar-refractivity contribution in [3.63, 3.8) is 0 Å². The predicted octanol–water partition coefficient (Wildman–Crippen LogP) is 3.95. The molecule has 5 rings (SSSR count). The Balaban J connectivity index is 1.43. The van der Waals surface area contributed by atoms with Gasteiger partial charge in [0.05, 0.1) is 5.52 Å². The number of benzene rings is 3. The number of para-hydroxylation sites is 1. The van der Waals surface area contributed by atoms with Crippen molar-refractivity contribution in [2.24, 2.45) is 0 Å². The van der Waals surface area contributed by atoms with Gasteiger partial charge in [-0.05, 0) is 29.8 Å². The standard InChI is InChI=1S/C25H22N4O3/c30-25(18-29-22-11-5-4-10-21(22)26-27-29)28(14-6-9-19-7-2-1-3-8-19)20-12-13-23-24(17-20)32-16-15-31-23/h1-13,17H,14-16,18H2/b9-6+. The van der Waals surface area contributed by atoms with Crippen molar-refractivity contribution in [3.05, 3.63) is 84.4 Å². The van der Waals surface area contributed by atoms with Crippen LogP contribution in [-0.4, -0.2) is 40.7 Å². The lowest BCUT2D eigenvalue weighted by Gasteiger charge is -2.24. The second kappa shape index (κ2) is 8.93. The fourth-order valence-electron chi connectivity index (χ4n) is 3.66. The number of hydrogen-bond acceptors (Lipinski definition) is 5. The van der Waals surface area contributed by atoms with E-state index in [9.17, 15) is 4.79 Å². The molecule has 3 aromatic carbocycles. The van der Waals surface area contributed by atoms with E-state index in [0.717, 1.165) is 22.3 Å². The predicted molar refractivity (Wildman–Crippen MR) is 123 cm³/mol. The monoisotopic (exact) mass is 426 g/mol. The first-order valence-electron chi connectivity index (χ1n) is 10.5. The molecule has 1 aliphatic rings. The average Bonchev–Trinajstić information content (AvgIpc) is 3.25. The number of fused-ring (bicyclic) bond motifs is 2. The van der Waals surface area contributed by atoms with Crippen molar-refractivity contribution in [1.82, 2.24) is 15.0 Å². The molecule has 1 amide bonds. The molecule has 0 saturated carbocycles. The lowest BCUT2D eigenvalue weighted by atomic mass is 10.2. The first-order valence-corrected chi connectivity index (χ1v) is 10.5. The van der Waals surface area contributed by atoms with Gasteiger partial charge >= 0.3 is 0 Å². The number of hydrogen-bond donors (Lipinski definition) is 0. The van der Waals surface area contributed by atoms with Gasteiger partial charge in [0.2, 0.25) is 5.91 Å². The summed E-state index contributed by atoms with van der Waals surface area (Å²) < 4.78 is 13.0. The van der Waals surface area contributed by atoms with E-state index in [1.54, 1.807) is 9.58 Å². The minimum absolute atomic E-state index is 0.0775. The van der Waals surface area contributed by atoms with Crippen LogP contribution in [0.25, 0.3) is 17.1 Å². The molecule has 0 unspecified atom stereocenters. The molecule has 0 atom stereocenters. The van der Waals surface area contributed by atoms with E-state index in [1.807, 2.05) is 84.9 Å². The molecule has 0 fully saturated rings. The van der Waals surface area contributed by atoms with Gasteiger partial charge in [0.15, 0.2) is 11.5 Å². The normalized spacial score (nSPS) is 12.9. The number of amides is 1. The van der Waals surface area contributed by atoms with Crippen molar-refractivity contribution < 1.29 is 14.3 Å². The second-order valence-corrected chi connectivity index (χ2v) is 7.38. The molecule has 1 aromatic heterocycles. The zero-order valence-corrected chi connectivity index (χ0v) is 17.4. The SMILES string of the molecule is O=C(Cn1nnc2ccccc21)N(C/C=C/c1ccccc1)c1ccc2c(c1)OCCO2. The summed E-state index contributed by atoms with van der Waals surface area (Å²) in [6.07, 6.45) is 3.98. The van der Waals surface area contributed by atoms with Crippen molar-refractivity contribution in [2.45, 2.75) is 6.54 Å². The van der Waals surface area contributed by atoms with Crippen molar-refractivity contribution in [1.29, 1.82) is 0 Å². The van der Waals surface area contributed by atoms with Crippen LogP contribution in [0.5, 0.6) is 11.5 Å². The summed E-state index contributed by atoms with van der Waals surface area (Å²) in [6, 6.07) is 23.2. The molecule has 0 radical (unpaired) electrons. The summed E-state index contributed by atoms with van der Waals surface area (Å²) in [6.45, 7) is 1.49. The fourth-order valence-corrected chi connectivity index (χ4v) is 3.66.